The van der Waals surface area contributed by atoms with E-state index in [1.165, 1.54) is 0 Å². The summed E-state index contributed by atoms with van der Waals surface area (Å²) in [6, 6.07) is 6.84. The van der Waals surface area contributed by atoms with Crippen LogP contribution in [0.4, 0.5) is 0 Å². The Morgan fingerprint density at radius 3 is 2.63 bits per heavy atom. The monoisotopic (exact) mass is 283 g/mol. The molecule has 1 aliphatic rings. The molecular formula is C14H18ClNO3. The van der Waals surface area contributed by atoms with Crippen molar-refractivity contribution in [1.29, 1.82) is 0 Å². The van der Waals surface area contributed by atoms with E-state index in [1.54, 1.807) is 31.2 Å². The van der Waals surface area contributed by atoms with Crippen LogP contribution >= 0.6 is 11.6 Å². The predicted molar refractivity (Wildman–Crippen MR) is 73.4 cm³/mol. The lowest BCUT2D eigenvalue weighted by Crippen LogP contribution is -2.50. The van der Waals surface area contributed by atoms with Crippen molar-refractivity contribution in [1.82, 2.24) is 5.32 Å². The number of hydrogen-bond acceptors (Lipinski definition) is 3. The van der Waals surface area contributed by atoms with Gasteiger partial charge in [0.15, 0.2) is 6.10 Å². The van der Waals surface area contributed by atoms with Crippen LogP contribution in [0.1, 0.15) is 26.2 Å². The predicted octanol–water partition coefficient (Wildman–Crippen LogP) is 2.14. The van der Waals surface area contributed by atoms with Gasteiger partial charge < -0.3 is 15.2 Å². The van der Waals surface area contributed by atoms with Crippen molar-refractivity contribution in [3.05, 3.63) is 29.3 Å². The minimum absolute atomic E-state index is 0.227. The lowest BCUT2D eigenvalue weighted by atomic mass is 9.80. The van der Waals surface area contributed by atoms with E-state index in [-0.39, 0.29) is 5.91 Å². The summed E-state index contributed by atoms with van der Waals surface area (Å²) in [5.74, 6) is 0.365. The molecule has 1 atom stereocenters. The number of hydrogen-bond donors (Lipinski definition) is 2. The summed E-state index contributed by atoms with van der Waals surface area (Å²) in [5, 5.41) is 13.2. The minimum Gasteiger partial charge on any atom is -0.481 e. The second kappa shape index (κ2) is 5.80. The average molecular weight is 284 g/mol. The Morgan fingerprint density at radius 2 is 2.11 bits per heavy atom. The molecule has 1 amide bonds. The Labute approximate surface area is 117 Å². The summed E-state index contributed by atoms with van der Waals surface area (Å²) in [7, 11) is 0. The van der Waals surface area contributed by atoms with Crippen molar-refractivity contribution >= 4 is 17.5 Å². The Balaban J connectivity index is 1.80. The first-order chi connectivity index (χ1) is 8.98. The number of aliphatic hydroxyl groups is 1. The zero-order chi connectivity index (χ0) is 13.9. The topological polar surface area (TPSA) is 58.6 Å². The third kappa shape index (κ3) is 3.85. The molecule has 2 N–H and O–H groups in total. The molecule has 1 fully saturated rings. The molecule has 0 saturated heterocycles. The summed E-state index contributed by atoms with van der Waals surface area (Å²) >= 11 is 5.77. The lowest BCUT2D eigenvalue weighted by molar-refractivity contribution is -0.129. The van der Waals surface area contributed by atoms with Crippen LogP contribution in [0.15, 0.2) is 24.3 Å². The molecule has 0 aliphatic heterocycles. The lowest BCUT2D eigenvalue weighted by Gasteiger charge is -2.36. The standard InChI is InChI=1S/C14H18ClNO3/c1-10(19-12-5-3-11(15)4-6-12)13(17)16-9-14(18)7-2-8-14/h3-6,10,18H,2,7-9H2,1H3,(H,16,17). The van der Waals surface area contributed by atoms with E-state index in [0.717, 1.165) is 19.3 Å². The van der Waals surface area contributed by atoms with Gasteiger partial charge in [-0.3, -0.25) is 4.79 Å². The van der Waals surface area contributed by atoms with Crippen molar-refractivity contribution in [2.75, 3.05) is 6.54 Å². The van der Waals surface area contributed by atoms with E-state index in [0.29, 0.717) is 17.3 Å². The van der Waals surface area contributed by atoms with Gasteiger partial charge in [0.2, 0.25) is 0 Å². The fraction of sp³-hybridized carbons (Fsp3) is 0.500. The molecule has 104 valence electrons. The van der Waals surface area contributed by atoms with Crippen LogP contribution in [0.2, 0.25) is 5.02 Å². The second-order valence-corrected chi connectivity index (χ2v) is 5.45. The molecule has 1 aromatic carbocycles. The number of amides is 1. The third-order valence-electron chi connectivity index (χ3n) is 3.37. The maximum Gasteiger partial charge on any atom is 0.260 e. The van der Waals surface area contributed by atoms with Gasteiger partial charge in [-0.2, -0.15) is 0 Å². The number of carbonyl (C=O) groups is 1. The van der Waals surface area contributed by atoms with Crippen LogP contribution in [0.3, 0.4) is 0 Å². The molecular weight excluding hydrogens is 266 g/mol. The van der Waals surface area contributed by atoms with E-state index in [9.17, 15) is 9.90 Å². The molecule has 1 aliphatic carbocycles. The summed E-state index contributed by atoms with van der Waals surface area (Å²) < 4.78 is 5.50. The zero-order valence-corrected chi connectivity index (χ0v) is 11.6. The summed E-state index contributed by atoms with van der Waals surface area (Å²) in [4.78, 5) is 11.8. The number of halogens is 1. The Kier molecular flexibility index (Phi) is 4.32. The second-order valence-electron chi connectivity index (χ2n) is 5.01. The van der Waals surface area contributed by atoms with Gasteiger partial charge in [-0.25, -0.2) is 0 Å². The van der Waals surface area contributed by atoms with Gasteiger partial charge in [0.1, 0.15) is 5.75 Å². The Morgan fingerprint density at radius 1 is 1.47 bits per heavy atom. The van der Waals surface area contributed by atoms with E-state index in [1.807, 2.05) is 0 Å². The maximum atomic E-state index is 11.8. The van der Waals surface area contributed by atoms with Crippen LogP contribution in [-0.2, 0) is 4.79 Å². The minimum atomic E-state index is -0.713. The van der Waals surface area contributed by atoms with Crippen LogP contribution < -0.4 is 10.1 Å². The molecule has 0 heterocycles. The van der Waals surface area contributed by atoms with Gasteiger partial charge in [0.05, 0.1) is 5.60 Å². The molecule has 5 heteroatoms. The van der Waals surface area contributed by atoms with Crippen molar-refractivity contribution in [3.63, 3.8) is 0 Å². The van der Waals surface area contributed by atoms with E-state index in [2.05, 4.69) is 5.32 Å². The van der Waals surface area contributed by atoms with E-state index < -0.39 is 11.7 Å². The summed E-state index contributed by atoms with van der Waals surface area (Å²) in [6.45, 7) is 1.97. The van der Waals surface area contributed by atoms with Gasteiger partial charge in [-0.05, 0) is 50.5 Å². The van der Waals surface area contributed by atoms with Gasteiger partial charge >= 0.3 is 0 Å². The molecule has 1 aromatic rings. The number of rotatable bonds is 5. The number of benzene rings is 1. The van der Waals surface area contributed by atoms with Crippen molar-refractivity contribution < 1.29 is 14.6 Å². The molecule has 0 radical (unpaired) electrons. The van der Waals surface area contributed by atoms with Gasteiger partial charge in [-0.15, -0.1) is 0 Å². The highest BCUT2D eigenvalue weighted by atomic mass is 35.5. The molecule has 1 saturated carbocycles. The first kappa shape index (κ1) is 14.2. The average Bonchev–Trinajstić information content (AvgIpc) is 2.36. The van der Waals surface area contributed by atoms with E-state index >= 15 is 0 Å². The molecule has 1 unspecified atom stereocenters. The van der Waals surface area contributed by atoms with Crippen molar-refractivity contribution in [3.8, 4) is 5.75 Å². The fourth-order valence-electron chi connectivity index (χ4n) is 1.93. The molecule has 19 heavy (non-hydrogen) atoms. The van der Waals surface area contributed by atoms with Crippen LogP contribution in [0, 0.1) is 0 Å². The van der Waals surface area contributed by atoms with Crippen LogP contribution in [0.25, 0.3) is 0 Å². The third-order valence-corrected chi connectivity index (χ3v) is 3.62. The van der Waals surface area contributed by atoms with E-state index in [4.69, 9.17) is 16.3 Å². The zero-order valence-electron chi connectivity index (χ0n) is 10.9. The molecule has 0 spiro atoms. The highest BCUT2D eigenvalue weighted by Gasteiger charge is 2.34. The van der Waals surface area contributed by atoms with Crippen molar-refractivity contribution in [2.24, 2.45) is 0 Å². The van der Waals surface area contributed by atoms with Gasteiger partial charge in [0, 0.05) is 11.6 Å². The SMILES string of the molecule is CC(Oc1ccc(Cl)cc1)C(=O)NCC1(O)CCC1. The first-order valence-corrected chi connectivity index (χ1v) is 6.79. The smallest absolute Gasteiger partial charge is 0.260 e. The van der Waals surface area contributed by atoms with Gasteiger partial charge in [-0.1, -0.05) is 11.6 Å². The summed E-state index contributed by atoms with van der Waals surface area (Å²) in [6.07, 6.45) is 1.91. The molecule has 0 bridgehead atoms. The van der Waals surface area contributed by atoms with Crippen molar-refractivity contribution in [2.45, 2.75) is 37.9 Å². The highest BCUT2D eigenvalue weighted by molar-refractivity contribution is 6.30. The van der Waals surface area contributed by atoms with Crippen LogP contribution in [-0.4, -0.2) is 29.3 Å². The molecule has 2 rings (SSSR count). The number of carbonyl (C=O) groups excluding carboxylic acids is 1. The Hall–Kier alpha value is -1.26. The number of nitrogens with one attached hydrogen (secondary N) is 1. The Bertz CT molecular complexity index is 443. The largest absolute Gasteiger partial charge is 0.481 e. The first-order valence-electron chi connectivity index (χ1n) is 6.41. The van der Waals surface area contributed by atoms with Gasteiger partial charge in [0.25, 0.3) is 5.91 Å². The normalized spacial score (nSPS) is 18.3. The molecule has 4 nitrogen and oxygen atoms in total. The molecule has 0 aromatic heterocycles. The number of ether oxygens (including phenoxy) is 1. The van der Waals surface area contributed by atoms with Crippen LogP contribution in [0.5, 0.6) is 5.75 Å². The maximum absolute atomic E-state index is 11.8. The quantitative estimate of drug-likeness (QED) is 0.870. The fourth-order valence-corrected chi connectivity index (χ4v) is 2.05. The highest BCUT2D eigenvalue weighted by Crippen LogP contribution is 2.30. The summed E-state index contributed by atoms with van der Waals surface area (Å²) in [5.41, 5.74) is -0.713.